The molecule has 11 heteroatoms. The van der Waals surface area contributed by atoms with Gasteiger partial charge in [0.15, 0.2) is 5.41 Å². The van der Waals surface area contributed by atoms with Crippen LogP contribution in [-0.2, 0) is 39.8 Å². The lowest BCUT2D eigenvalue weighted by Crippen LogP contribution is -2.48. The molecular weight excluding hydrogens is 494 g/mol. The van der Waals surface area contributed by atoms with Gasteiger partial charge < -0.3 is 18.9 Å². The Kier molecular flexibility index (Phi) is 9.55. The molecule has 2 rings (SSSR count). The van der Waals surface area contributed by atoms with E-state index in [0.29, 0.717) is 11.3 Å². The van der Waals surface area contributed by atoms with E-state index >= 15 is 0 Å². The van der Waals surface area contributed by atoms with Crippen molar-refractivity contribution >= 4 is 29.7 Å². The van der Waals surface area contributed by atoms with Crippen LogP contribution in [-0.4, -0.2) is 59.4 Å². The Labute approximate surface area is 222 Å². The van der Waals surface area contributed by atoms with Gasteiger partial charge in [-0.1, -0.05) is 30.3 Å². The number of hydrogen-bond donors (Lipinski definition) is 1. The van der Waals surface area contributed by atoms with Crippen molar-refractivity contribution in [2.24, 2.45) is 5.41 Å². The number of nitrogens with zero attached hydrogens (tertiary/aromatic N) is 2. The molecule has 1 unspecified atom stereocenters. The average Bonchev–Trinajstić information content (AvgIpc) is 2.82. The van der Waals surface area contributed by atoms with Gasteiger partial charge in [0.05, 0.1) is 38.2 Å². The molecule has 1 amide bonds. The standard InChI is InChI=1S/C27H35N3O8/c1-25(2,3)37-23(33)27(22(32)36-8,15-20(31)35-7)14-19-28-16-18(29-24(34)38-26(4,5)6)21(30-19)17-12-10-9-11-13-17/h9-13,16H,14-15H2,1-8H3,(H,29,34). The van der Waals surface area contributed by atoms with E-state index in [4.69, 9.17) is 18.9 Å². The first-order valence-corrected chi connectivity index (χ1v) is 11.9. The molecule has 0 bridgehead atoms. The van der Waals surface area contributed by atoms with Gasteiger partial charge >= 0.3 is 24.0 Å². The van der Waals surface area contributed by atoms with Gasteiger partial charge in [-0.15, -0.1) is 0 Å². The van der Waals surface area contributed by atoms with Gasteiger partial charge in [-0.25, -0.2) is 14.8 Å². The van der Waals surface area contributed by atoms with Crippen molar-refractivity contribution in [2.45, 2.75) is 65.6 Å². The molecule has 2 aromatic rings. The van der Waals surface area contributed by atoms with Crippen LogP contribution in [0.1, 0.15) is 53.8 Å². The summed E-state index contributed by atoms with van der Waals surface area (Å²) in [7, 11) is 2.24. The number of esters is 3. The van der Waals surface area contributed by atoms with E-state index in [1.54, 1.807) is 65.8 Å². The molecule has 206 valence electrons. The Morgan fingerprint density at radius 3 is 1.97 bits per heavy atom. The number of aromatic nitrogens is 2. The topological polar surface area (TPSA) is 143 Å². The highest BCUT2D eigenvalue weighted by Crippen LogP contribution is 2.34. The molecule has 0 aliphatic heterocycles. The first-order valence-electron chi connectivity index (χ1n) is 11.9. The molecule has 1 aromatic carbocycles. The fourth-order valence-corrected chi connectivity index (χ4v) is 3.42. The Hall–Kier alpha value is -4.02. The number of methoxy groups -OCH3 is 2. The maximum absolute atomic E-state index is 13.4. The molecule has 0 fully saturated rings. The first-order chi connectivity index (χ1) is 17.6. The Balaban J connectivity index is 2.63. The van der Waals surface area contributed by atoms with Crippen LogP contribution in [0, 0.1) is 5.41 Å². The number of amides is 1. The van der Waals surface area contributed by atoms with Crippen molar-refractivity contribution in [1.82, 2.24) is 9.97 Å². The summed E-state index contributed by atoms with van der Waals surface area (Å²) < 4.78 is 20.5. The second-order valence-corrected chi connectivity index (χ2v) is 10.5. The van der Waals surface area contributed by atoms with E-state index in [0.717, 1.165) is 14.2 Å². The maximum Gasteiger partial charge on any atom is 0.412 e. The molecule has 0 saturated heterocycles. The number of hydrogen-bond acceptors (Lipinski definition) is 10. The minimum absolute atomic E-state index is 0.0266. The quantitative estimate of drug-likeness (QED) is 0.302. The van der Waals surface area contributed by atoms with E-state index in [2.05, 4.69) is 15.3 Å². The van der Waals surface area contributed by atoms with E-state index in [1.807, 2.05) is 6.07 Å². The second-order valence-electron chi connectivity index (χ2n) is 10.5. The number of benzene rings is 1. The van der Waals surface area contributed by atoms with Crippen LogP contribution in [0.2, 0.25) is 0 Å². The fourth-order valence-electron chi connectivity index (χ4n) is 3.42. The molecular formula is C27H35N3O8. The van der Waals surface area contributed by atoms with Gasteiger partial charge in [0.25, 0.3) is 0 Å². The number of ether oxygens (including phenoxy) is 4. The second kappa shape index (κ2) is 12.0. The predicted octanol–water partition coefficient (Wildman–Crippen LogP) is 4.10. The minimum Gasteiger partial charge on any atom is -0.469 e. The van der Waals surface area contributed by atoms with Gasteiger partial charge in [0, 0.05) is 12.0 Å². The summed E-state index contributed by atoms with van der Waals surface area (Å²) in [6.45, 7) is 10.1. The first kappa shape index (κ1) is 30.2. The molecule has 1 aromatic heterocycles. The van der Waals surface area contributed by atoms with Crippen molar-refractivity contribution in [1.29, 1.82) is 0 Å². The van der Waals surface area contributed by atoms with Crippen LogP contribution in [0.5, 0.6) is 0 Å². The van der Waals surface area contributed by atoms with Gasteiger partial charge in [0.1, 0.15) is 17.0 Å². The minimum atomic E-state index is -2.12. The summed E-state index contributed by atoms with van der Waals surface area (Å²) in [5.41, 5.74) is -2.66. The Bertz CT molecular complexity index is 1170. The summed E-state index contributed by atoms with van der Waals surface area (Å²) in [6, 6.07) is 8.91. The summed E-state index contributed by atoms with van der Waals surface area (Å²) in [4.78, 5) is 60.1. The van der Waals surface area contributed by atoms with E-state index in [1.165, 1.54) is 6.20 Å². The Morgan fingerprint density at radius 2 is 1.45 bits per heavy atom. The highest BCUT2D eigenvalue weighted by molar-refractivity contribution is 6.03. The summed E-state index contributed by atoms with van der Waals surface area (Å²) >= 11 is 0. The molecule has 38 heavy (non-hydrogen) atoms. The number of carbonyl (C=O) groups excluding carboxylic acids is 4. The van der Waals surface area contributed by atoms with E-state index < -0.39 is 53.5 Å². The number of rotatable bonds is 8. The monoisotopic (exact) mass is 529 g/mol. The highest BCUT2D eigenvalue weighted by Gasteiger charge is 2.52. The molecule has 0 spiro atoms. The zero-order valence-electron chi connectivity index (χ0n) is 23.0. The Morgan fingerprint density at radius 1 is 0.842 bits per heavy atom. The maximum atomic E-state index is 13.4. The van der Waals surface area contributed by atoms with Crippen molar-refractivity contribution in [3.05, 3.63) is 42.4 Å². The third kappa shape index (κ3) is 8.25. The largest absolute Gasteiger partial charge is 0.469 e. The molecule has 0 aliphatic rings. The summed E-state index contributed by atoms with van der Waals surface area (Å²) in [5.74, 6) is -2.78. The third-order valence-electron chi connectivity index (χ3n) is 5.02. The van der Waals surface area contributed by atoms with Gasteiger partial charge in [-0.05, 0) is 41.5 Å². The predicted molar refractivity (Wildman–Crippen MR) is 138 cm³/mol. The van der Waals surface area contributed by atoms with Crippen LogP contribution < -0.4 is 5.32 Å². The van der Waals surface area contributed by atoms with E-state index in [9.17, 15) is 19.2 Å². The number of carbonyl (C=O) groups is 4. The average molecular weight is 530 g/mol. The zero-order chi connectivity index (χ0) is 28.7. The highest BCUT2D eigenvalue weighted by atomic mass is 16.6. The van der Waals surface area contributed by atoms with Crippen molar-refractivity contribution in [3.8, 4) is 11.3 Å². The number of anilines is 1. The lowest BCUT2D eigenvalue weighted by atomic mass is 9.80. The third-order valence-corrected chi connectivity index (χ3v) is 5.02. The van der Waals surface area contributed by atoms with Crippen LogP contribution in [0.4, 0.5) is 10.5 Å². The fraction of sp³-hybridized carbons (Fsp3) is 0.481. The summed E-state index contributed by atoms with van der Waals surface area (Å²) in [6.07, 6.45) is -0.470. The molecule has 0 aliphatic carbocycles. The number of nitrogens with one attached hydrogen (secondary N) is 1. The lowest BCUT2D eigenvalue weighted by molar-refractivity contribution is -0.182. The smallest absolute Gasteiger partial charge is 0.412 e. The van der Waals surface area contributed by atoms with E-state index in [-0.39, 0.29) is 11.5 Å². The SMILES string of the molecule is COC(=O)CC(Cc1ncc(NC(=O)OC(C)(C)C)c(-c2ccccc2)n1)(C(=O)OC)C(=O)OC(C)(C)C. The molecule has 1 N–H and O–H groups in total. The molecule has 1 heterocycles. The molecule has 0 saturated carbocycles. The van der Waals surface area contributed by atoms with Crippen LogP contribution in [0.25, 0.3) is 11.3 Å². The summed E-state index contributed by atoms with van der Waals surface area (Å²) in [5, 5.41) is 2.64. The molecule has 0 radical (unpaired) electrons. The zero-order valence-corrected chi connectivity index (χ0v) is 23.0. The van der Waals surface area contributed by atoms with Crippen molar-refractivity contribution < 1.29 is 38.1 Å². The van der Waals surface area contributed by atoms with Crippen molar-refractivity contribution in [2.75, 3.05) is 19.5 Å². The molecule has 1 atom stereocenters. The van der Waals surface area contributed by atoms with Gasteiger partial charge in [0.2, 0.25) is 0 Å². The molecule has 11 nitrogen and oxygen atoms in total. The van der Waals surface area contributed by atoms with Gasteiger partial charge in [-0.3, -0.25) is 19.7 Å². The normalized spacial score (nSPS) is 13.1. The van der Waals surface area contributed by atoms with Crippen LogP contribution in [0.3, 0.4) is 0 Å². The van der Waals surface area contributed by atoms with Crippen molar-refractivity contribution in [3.63, 3.8) is 0 Å². The van der Waals surface area contributed by atoms with Crippen LogP contribution >= 0.6 is 0 Å². The van der Waals surface area contributed by atoms with Crippen LogP contribution in [0.15, 0.2) is 36.5 Å². The van der Waals surface area contributed by atoms with Gasteiger partial charge in [-0.2, -0.15) is 0 Å². The lowest BCUT2D eigenvalue weighted by Gasteiger charge is -2.31.